The molecular formula is C23H25N5O2. The summed E-state index contributed by atoms with van der Waals surface area (Å²) in [5.41, 5.74) is 2.71. The molecule has 1 aliphatic heterocycles. The highest BCUT2D eigenvalue weighted by Gasteiger charge is 2.22. The van der Waals surface area contributed by atoms with Crippen LogP contribution in [0.2, 0.25) is 0 Å². The van der Waals surface area contributed by atoms with Gasteiger partial charge in [-0.25, -0.2) is 9.97 Å². The lowest BCUT2D eigenvalue weighted by Crippen LogP contribution is -2.48. The molecule has 7 nitrogen and oxygen atoms in total. The Labute approximate surface area is 176 Å². The van der Waals surface area contributed by atoms with Gasteiger partial charge in [0.2, 0.25) is 5.95 Å². The Morgan fingerprint density at radius 2 is 1.73 bits per heavy atom. The molecule has 7 heteroatoms. The lowest BCUT2D eigenvalue weighted by molar-refractivity contribution is 0.0628. The Morgan fingerprint density at radius 1 is 1.00 bits per heavy atom. The number of ether oxygens (including phenoxy) is 1. The van der Waals surface area contributed by atoms with E-state index in [-0.39, 0.29) is 5.91 Å². The molecule has 0 saturated carbocycles. The minimum atomic E-state index is 0.0525. The van der Waals surface area contributed by atoms with E-state index in [2.05, 4.69) is 32.3 Å². The molecule has 1 aromatic heterocycles. The third-order valence-electron chi connectivity index (χ3n) is 5.16. The molecular weight excluding hydrogens is 378 g/mol. The number of hydrogen-bond acceptors (Lipinski definition) is 6. The van der Waals surface area contributed by atoms with Crippen LogP contribution < -0.4 is 10.1 Å². The van der Waals surface area contributed by atoms with Crippen molar-refractivity contribution >= 4 is 17.5 Å². The normalized spacial score (nSPS) is 14.4. The number of methoxy groups -OCH3 is 1. The number of rotatable bonds is 6. The average molecular weight is 403 g/mol. The van der Waals surface area contributed by atoms with Crippen molar-refractivity contribution in [2.45, 2.75) is 6.54 Å². The molecule has 0 radical (unpaired) electrons. The van der Waals surface area contributed by atoms with E-state index in [1.54, 1.807) is 25.6 Å². The van der Waals surface area contributed by atoms with E-state index >= 15 is 0 Å². The predicted molar refractivity (Wildman–Crippen MR) is 116 cm³/mol. The van der Waals surface area contributed by atoms with Crippen LogP contribution in [0.15, 0.2) is 67.0 Å². The summed E-state index contributed by atoms with van der Waals surface area (Å²) >= 11 is 0. The summed E-state index contributed by atoms with van der Waals surface area (Å²) in [6, 6.07) is 17.4. The third kappa shape index (κ3) is 4.93. The zero-order valence-electron chi connectivity index (χ0n) is 17.0. The SMILES string of the molecule is COc1ccc(CN2CCN(C(=O)c3cccc(Nc4ncccn4)c3)CC2)cc1. The Balaban J connectivity index is 1.33. The molecule has 1 saturated heterocycles. The molecule has 0 unspecified atom stereocenters. The van der Waals surface area contributed by atoms with Crippen LogP contribution in [0.3, 0.4) is 0 Å². The standard InChI is InChI=1S/C23H25N5O2/c1-30-21-8-6-18(7-9-21)17-27-12-14-28(15-13-27)22(29)19-4-2-5-20(16-19)26-23-24-10-3-11-25-23/h2-11,16H,12-15,17H2,1H3,(H,24,25,26). The van der Waals surface area contributed by atoms with Crippen molar-refractivity contribution in [2.24, 2.45) is 0 Å². The zero-order valence-corrected chi connectivity index (χ0v) is 17.0. The van der Waals surface area contributed by atoms with Crippen LogP contribution in [-0.2, 0) is 6.54 Å². The maximum atomic E-state index is 13.0. The molecule has 3 aromatic rings. The molecule has 1 aliphatic rings. The second kappa shape index (κ2) is 9.37. The van der Waals surface area contributed by atoms with E-state index in [9.17, 15) is 4.79 Å². The predicted octanol–water partition coefficient (Wildman–Crippen LogP) is 3.19. The van der Waals surface area contributed by atoms with Crippen molar-refractivity contribution in [1.29, 1.82) is 0 Å². The van der Waals surface area contributed by atoms with Crippen molar-refractivity contribution < 1.29 is 9.53 Å². The summed E-state index contributed by atoms with van der Waals surface area (Å²) in [6.45, 7) is 4.02. The van der Waals surface area contributed by atoms with Gasteiger partial charge in [-0.2, -0.15) is 0 Å². The largest absolute Gasteiger partial charge is 0.497 e. The van der Waals surface area contributed by atoms with Crippen molar-refractivity contribution in [3.05, 3.63) is 78.1 Å². The van der Waals surface area contributed by atoms with E-state index in [1.165, 1.54) is 5.56 Å². The third-order valence-corrected chi connectivity index (χ3v) is 5.16. The highest BCUT2D eigenvalue weighted by molar-refractivity contribution is 5.95. The maximum absolute atomic E-state index is 13.0. The molecule has 0 bridgehead atoms. The number of nitrogens with one attached hydrogen (secondary N) is 1. The van der Waals surface area contributed by atoms with Gasteiger partial charge in [-0.3, -0.25) is 9.69 Å². The Bertz CT molecular complexity index is 970. The van der Waals surface area contributed by atoms with Gasteiger partial charge in [0.25, 0.3) is 5.91 Å². The first-order chi connectivity index (χ1) is 14.7. The lowest BCUT2D eigenvalue weighted by Gasteiger charge is -2.34. The number of nitrogens with zero attached hydrogens (tertiary/aromatic N) is 4. The van der Waals surface area contributed by atoms with Crippen LogP contribution >= 0.6 is 0 Å². The summed E-state index contributed by atoms with van der Waals surface area (Å²) in [5.74, 6) is 1.43. The highest BCUT2D eigenvalue weighted by atomic mass is 16.5. The molecule has 0 atom stereocenters. The maximum Gasteiger partial charge on any atom is 0.254 e. The number of carbonyl (C=O) groups excluding carboxylic acids is 1. The fourth-order valence-electron chi connectivity index (χ4n) is 3.50. The summed E-state index contributed by atoms with van der Waals surface area (Å²) in [7, 11) is 1.67. The Kier molecular flexibility index (Phi) is 6.20. The van der Waals surface area contributed by atoms with Gasteiger partial charge in [0, 0.05) is 56.4 Å². The number of piperazine rings is 1. The first kappa shape index (κ1) is 19.8. The van der Waals surface area contributed by atoms with Gasteiger partial charge < -0.3 is 15.0 Å². The number of carbonyl (C=O) groups is 1. The minimum absolute atomic E-state index is 0.0525. The smallest absolute Gasteiger partial charge is 0.254 e. The van der Waals surface area contributed by atoms with Gasteiger partial charge in [0.1, 0.15) is 5.75 Å². The quantitative estimate of drug-likeness (QED) is 0.682. The molecule has 1 fully saturated rings. The fourth-order valence-corrected chi connectivity index (χ4v) is 3.50. The molecule has 2 aromatic carbocycles. The molecule has 30 heavy (non-hydrogen) atoms. The second-order valence-corrected chi connectivity index (χ2v) is 7.19. The average Bonchev–Trinajstić information content (AvgIpc) is 2.80. The number of anilines is 2. The Morgan fingerprint density at radius 3 is 2.43 bits per heavy atom. The van der Waals surface area contributed by atoms with Crippen molar-refractivity contribution in [2.75, 3.05) is 38.6 Å². The van der Waals surface area contributed by atoms with Gasteiger partial charge in [-0.05, 0) is 42.0 Å². The van der Waals surface area contributed by atoms with E-state index in [1.807, 2.05) is 41.3 Å². The van der Waals surface area contributed by atoms with Crippen LogP contribution in [0.4, 0.5) is 11.6 Å². The molecule has 2 heterocycles. The molecule has 0 spiro atoms. The molecule has 154 valence electrons. The first-order valence-electron chi connectivity index (χ1n) is 10.00. The number of aromatic nitrogens is 2. The van der Waals surface area contributed by atoms with Gasteiger partial charge in [0.05, 0.1) is 7.11 Å². The van der Waals surface area contributed by atoms with Gasteiger partial charge in [0.15, 0.2) is 0 Å². The summed E-state index contributed by atoms with van der Waals surface area (Å²) in [5, 5.41) is 3.13. The van der Waals surface area contributed by atoms with E-state index in [0.717, 1.165) is 31.1 Å². The topological polar surface area (TPSA) is 70.6 Å². The molecule has 1 amide bonds. The van der Waals surface area contributed by atoms with E-state index in [4.69, 9.17) is 4.74 Å². The fraction of sp³-hybridized carbons (Fsp3) is 0.261. The highest BCUT2D eigenvalue weighted by Crippen LogP contribution is 2.18. The molecule has 1 N–H and O–H groups in total. The monoisotopic (exact) mass is 403 g/mol. The molecule has 0 aliphatic carbocycles. The van der Waals surface area contributed by atoms with Crippen molar-refractivity contribution in [3.63, 3.8) is 0 Å². The number of benzene rings is 2. The summed E-state index contributed by atoms with van der Waals surface area (Å²) in [4.78, 5) is 25.6. The second-order valence-electron chi connectivity index (χ2n) is 7.19. The van der Waals surface area contributed by atoms with Crippen LogP contribution in [0, 0.1) is 0 Å². The summed E-state index contributed by atoms with van der Waals surface area (Å²) < 4.78 is 5.21. The van der Waals surface area contributed by atoms with Crippen LogP contribution in [0.5, 0.6) is 5.75 Å². The zero-order chi connectivity index (χ0) is 20.8. The first-order valence-corrected chi connectivity index (χ1v) is 10.00. The van der Waals surface area contributed by atoms with Crippen LogP contribution in [0.1, 0.15) is 15.9 Å². The molecule has 4 rings (SSSR count). The van der Waals surface area contributed by atoms with E-state index < -0.39 is 0 Å². The lowest BCUT2D eigenvalue weighted by atomic mass is 10.1. The Hall–Kier alpha value is -3.45. The van der Waals surface area contributed by atoms with Crippen LogP contribution in [-0.4, -0.2) is 59.0 Å². The summed E-state index contributed by atoms with van der Waals surface area (Å²) in [6.07, 6.45) is 3.35. The number of hydrogen-bond donors (Lipinski definition) is 1. The van der Waals surface area contributed by atoms with E-state index in [0.29, 0.717) is 24.6 Å². The minimum Gasteiger partial charge on any atom is -0.497 e. The van der Waals surface area contributed by atoms with Gasteiger partial charge >= 0.3 is 0 Å². The van der Waals surface area contributed by atoms with Crippen molar-refractivity contribution in [1.82, 2.24) is 19.8 Å². The van der Waals surface area contributed by atoms with Crippen LogP contribution in [0.25, 0.3) is 0 Å². The van der Waals surface area contributed by atoms with Gasteiger partial charge in [-0.1, -0.05) is 18.2 Å². The van der Waals surface area contributed by atoms with Gasteiger partial charge in [-0.15, -0.1) is 0 Å². The number of amides is 1. The van der Waals surface area contributed by atoms with Crippen molar-refractivity contribution in [3.8, 4) is 5.75 Å².